The van der Waals surface area contributed by atoms with Gasteiger partial charge in [0.2, 0.25) is 5.91 Å². The lowest BCUT2D eigenvalue weighted by molar-refractivity contribution is -0.870. The second-order valence-corrected chi connectivity index (χ2v) is 27.0. The van der Waals surface area contributed by atoms with Gasteiger partial charge in [-0.15, -0.1) is 0 Å². The van der Waals surface area contributed by atoms with Crippen LogP contribution in [0, 0.1) is 0 Å². The Morgan fingerprint density at radius 2 is 0.692 bits per heavy atom. The van der Waals surface area contributed by atoms with E-state index < -0.39 is 20.0 Å². The van der Waals surface area contributed by atoms with Crippen molar-refractivity contribution in [1.82, 2.24) is 5.32 Å². The Morgan fingerprint density at radius 3 is 0.962 bits per heavy atom. The van der Waals surface area contributed by atoms with Crippen LogP contribution in [0.1, 0.15) is 373 Å². The number of phosphoric ester groups is 1. The average molecular weight is 1120 g/mol. The molecule has 0 bridgehead atoms. The van der Waals surface area contributed by atoms with Gasteiger partial charge in [0.05, 0.1) is 39.9 Å². The van der Waals surface area contributed by atoms with Gasteiger partial charge in [-0.05, 0) is 19.3 Å². The standard InChI is InChI=1S/C69H139N2O6P/c1-6-8-10-12-14-16-18-20-22-24-26-27-28-29-30-31-32-33-34-35-36-37-38-39-40-41-42-43-44-45-47-49-51-53-55-57-59-61-63-69(73)70-67(66-77-78(74,75)76-65-64-71(3,4)5)68(72)62-60-58-56-54-52-50-48-46-25-23-21-19-17-15-13-11-9-7-2/h60,62,67-68,72H,6-59,61,63-66H2,1-5H3,(H-,70,73,74,75)/b62-60+. The van der Waals surface area contributed by atoms with Crippen LogP contribution in [0.15, 0.2) is 12.2 Å². The van der Waals surface area contributed by atoms with E-state index >= 15 is 0 Å². The molecule has 0 heterocycles. The van der Waals surface area contributed by atoms with Crippen LogP contribution in [0.5, 0.6) is 0 Å². The highest BCUT2D eigenvalue weighted by atomic mass is 31.2. The zero-order valence-corrected chi connectivity index (χ0v) is 54.3. The Bertz CT molecular complexity index is 1280. The summed E-state index contributed by atoms with van der Waals surface area (Å²) in [6.45, 7) is 4.71. The third-order valence-corrected chi connectivity index (χ3v) is 17.5. The number of aliphatic hydroxyl groups is 1. The number of hydrogen-bond donors (Lipinski definition) is 2. The van der Waals surface area contributed by atoms with Gasteiger partial charge in [-0.3, -0.25) is 9.36 Å². The summed E-state index contributed by atoms with van der Waals surface area (Å²) in [7, 11) is 1.28. The fraction of sp³-hybridized carbons (Fsp3) is 0.957. The van der Waals surface area contributed by atoms with Crippen LogP contribution >= 0.6 is 7.82 Å². The maximum absolute atomic E-state index is 13.0. The lowest BCUT2D eigenvalue weighted by atomic mass is 10.0. The molecule has 9 heteroatoms. The van der Waals surface area contributed by atoms with Gasteiger partial charge in [-0.25, -0.2) is 0 Å². The van der Waals surface area contributed by atoms with Crippen molar-refractivity contribution in [2.24, 2.45) is 0 Å². The van der Waals surface area contributed by atoms with Gasteiger partial charge < -0.3 is 28.8 Å². The summed E-state index contributed by atoms with van der Waals surface area (Å²) in [4.78, 5) is 25.6. The molecule has 0 aliphatic carbocycles. The van der Waals surface area contributed by atoms with Crippen LogP contribution in [0.2, 0.25) is 0 Å². The van der Waals surface area contributed by atoms with E-state index in [-0.39, 0.29) is 19.1 Å². The molecule has 0 saturated heterocycles. The molecular formula is C69H139N2O6P. The lowest BCUT2D eigenvalue weighted by Gasteiger charge is -2.29. The van der Waals surface area contributed by atoms with Gasteiger partial charge in [0.15, 0.2) is 0 Å². The van der Waals surface area contributed by atoms with Gasteiger partial charge >= 0.3 is 0 Å². The van der Waals surface area contributed by atoms with Crippen molar-refractivity contribution in [3.63, 3.8) is 0 Å². The second kappa shape index (κ2) is 60.8. The molecule has 0 spiro atoms. The van der Waals surface area contributed by atoms with E-state index in [1.165, 1.54) is 315 Å². The van der Waals surface area contributed by atoms with Crippen LogP contribution < -0.4 is 10.2 Å². The number of amides is 1. The van der Waals surface area contributed by atoms with Gasteiger partial charge in [0.25, 0.3) is 7.82 Å². The van der Waals surface area contributed by atoms with Gasteiger partial charge in [0.1, 0.15) is 13.2 Å². The molecule has 2 N–H and O–H groups in total. The largest absolute Gasteiger partial charge is 0.756 e. The number of carbonyl (C=O) groups excluding carboxylic acids is 1. The third kappa shape index (κ3) is 62.8. The number of quaternary nitrogens is 1. The van der Waals surface area contributed by atoms with E-state index in [1.807, 2.05) is 27.2 Å². The second-order valence-electron chi connectivity index (χ2n) is 25.6. The van der Waals surface area contributed by atoms with E-state index in [4.69, 9.17) is 9.05 Å². The first kappa shape index (κ1) is 77.2. The number of nitrogens with zero attached hydrogens (tertiary/aromatic N) is 1. The molecule has 0 aliphatic heterocycles. The number of phosphoric acid groups is 1. The van der Waals surface area contributed by atoms with E-state index in [2.05, 4.69) is 19.2 Å². The quantitative estimate of drug-likeness (QED) is 0.0272. The van der Waals surface area contributed by atoms with Crippen LogP contribution in [-0.2, 0) is 18.4 Å². The Kier molecular flexibility index (Phi) is 60.2. The predicted molar refractivity (Wildman–Crippen MR) is 339 cm³/mol. The van der Waals surface area contributed by atoms with Crippen molar-refractivity contribution < 1.29 is 32.9 Å². The highest BCUT2D eigenvalue weighted by Gasteiger charge is 2.23. The highest BCUT2D eigenvalue weighted by molar-refractivity contribution is 7.45. The Balaban J connectivity index is 3.89. The first-order valence-electron chi connectivity index (χ1n) is 35.1. The monoisotopic (exact) mass is 1120 g/mol. The predicted octanol–water partition coefficient (Wildman–Crippen LogP) is 21.5. The molecular weight excluding hydrogens is 984 g/mol. The minimum absolute atomic E-state index is 0.00283. The van der Waals surface area contributed by atoms with Gasteiger partial charge in [-0.2, -0.15) is 0 Å². The molecule has 0 aromatic carbocycles. The van der Waals surface area contributed by atoms with Crippen LogP contribution in [0.3, 0.4) is 0 Å². The zero-order chi connectivity index (χ0) is 57.0. The normalized spacial score (nSPS) is 13.7. The number of unbranched alkanes of at least 4 members (excludes halogenated alkanes) is 53. The molecule has 0 aliphatic rings. The molecule has 0 saturated carbocycles. The van der Waals surface area contributed by atoms with Crippen molar-refractivity contribution in [1.29, 1.82) is 0 Å². The SMILES string of the molecule is CCCCCCCCCCCCCCCCCC/C=C/C(O)C(COP(=O)([O-])OCC[N+](C)(C)C)NC(=O)CCCCCCCCCCCCCCCCCCCCCCCCCCCCCCCCCCCCCCCC. The minimum Gasteiger partial charge on any atom is -0.756 e. The topological polar surface area (TPSA) is 108 Å². The molecule has 1 amide bonds. The summed E-state index contributed by atoms with van der Waals surface area (Å²) in [6, 6.07) is -0.883. The number of likely N-dealkylation sites (N-methyl/N-ethyl adjacent to an activating group) is 1. The Labute approximate surface area is 488 Å². The zero-order valence-electron chi connectivity index (χ0n) is 53.4. The first-order valence-corrected chi connectivity index (χ1v) is 36.5. The van der Waals surface area contributed by atoms with E-state index in [0.29, 0.717) is 17.4 Å². The fourth-order valence-electron chi connectivity index (χ4n) is 11.0. The first-order chi connectivity index (χ1) is 38.0. The number of carbonyl (C=O) groups is 1. The smallest absolute Gasteiger partial charge is 0.268 e. The minimum atomic E-state index is -4.60. The maximum atomic E-state index is 13.0. The molecule has 0 rings (SSSR count). The van der Waals surface area contributed by atoms with E-state index in [0.717, 1.165) is 38.5 Å². The molecule has 78 heavy (non-hydrogen) atoms. The molecule has 3 atom stereocenters. The Hall–Kier alpha value is -0.760. The molecule has 3 unspecified atom stereocenters. The summed E-state index contributed by atoms with van der Waals surface area (Å²) < 4.78 is 23.4. The van der Waals surface area contributed by atoms with Gasteiger partial charge in [0, 0.05) is 6.42 Å². The fourth-order valence-corrected chi connectivity index (χ4v) is 11.8. The average Bonchev–Trinajstić information content (AvgIpc) is 3.41. The summed E-state index contributed by atoms with van der Waals surface area (Å²) in [5.74, 6) is -0.188. The van der Waals surface area contributed by atoms with Crippen molar-refractivity contribution in [3.8, 4) is 0 Å². The highest BCUT2D eigenvalue weighted by Crippen LogP contribution is 2.38. The van der Waals surface area contributed by atoms with E-state index in [9.17, 15) is 19.4 Å². The molecule has 0 fully saturated rings. The number of hydrogen-bond acceptors (Lipinski definition) is 6. The van der Waals surface area contributed by atoms with Crippen molar-refractivity contribution in [2.75, 3.05) is 40.9 Å². The third-order valence-electron chi connectivity index (χ3n) is 16.5. The summed E-state index contributed by atoms with van der Waals surface area (Å²) >= 11 is 0. The molecule has 0 radical (unpaired) electrons. The number of nitrogens with one attached hydrogen (secondary N) is 1. The molecule has 0 aromatic heterocycles. The molecule has 466 valence electrons. The lowest BCUT2D eigenvalue weighted by Crippen LogP contribution is -2.45. The van der Waals surface area contributed by atoms with Crippen LogP contribution in [0.25, 0.3) is 0 Å². The van der Waals surface area contributed by atoms with Gasteiger partial charge in [-0.1, -0.05) is 360 Å². The number of rotatable bonds is 66. The molecule has 0 aromatic rings. The molecule has 8 nitrogen and oxygen atoms in total. The van der Waals surface area contributed by atoms with E-state index in [1.54, 1.807) is 6.08 Å². The van der Waals surface area contributed by atoms with Crippen molar-refractivity contribution in [3.05, 3.63) is 12.2 Å². The number of allylic oxidation sites excluding steroid dienone is 1. The van der Waals surface area contributed by atoms with Crippen LogP contribution in [-0.4, -0.2) is 68.5 Å². The summed E-state index contributed by atoms with van der Waals surface area (Å²) in [6.07, 6.45) is 77.8. The number of aliphatic hydroxyl groups excluding tert-OH is 1. The summed E-state index contributed by atoms with van der Waals surface area (Å²) in [5.41, 5.74) is 0. The van der Waals surface area contributed by atoms with Crippen molar-refractivity contribution >= 4 is 13.7 Å². The Morgan fingerprint density at radius 1 is 0.436 bits per heavy atom. The maximum Gasteiger partial charge on any atom is 0.268 e. The summed E-state index contributed by atoms with van der Waals surface area (Å²) in [5, 5.41) is 13.9. The van der Waals surface area contributed by atoms with Crippen LogP contribution in [0.4, 0.5) is 0 Å². The van der Waals surface area contributed by atoms with Crippen molar-refractivity contribution in [2.45, 2.75) is 386 Å².